The number of hydrogen-bond donors (Lipinski definition) is 1. The maximum atomic E-state index is 5.45. The van der Waals surface area contributed by atoms with Crippen molar-refractivity contribution in [3.63, 3.8) is 0 Å². The van der Waals surface area contributed by atoms with Crippen LogP contribution in [-0.4, -0.2) is 31.7 Å². The Kier molecular flexibility index (Phi) is 5.03. The molecule has 0 spiro atoms. The third-order valence-electron chi connectivity index (χ3n) is 5.57. The lowest BCUT2D eigenvalue weighted by Gasteiger charge is -2.24. The van der Waals surface area contributed by atoms with Gasteiger partial charge in [0.25, 0.3) is 0 Å². The van der Waals surface area contributed by atoms with Gasteiger partial charge in [-0.3, -0.25) is 0 Å². The second-order valence-electron chi connectivity index (χ2n) is 7.44. The molecule has 1 aliphatic carbocycles. The van der Waals surface area contributed by atoms with E-state index in [1.807, 2.05) is 70.4 Å². The van der Waals surface area contributed by atoms with Gasteiger partial charge in [0.15, 0.2) is 5.82 Å². The van der Waals surface area contributed by atoms with Crippen molar-refractivity contribution in [3.8, 4) is 17.3 Å². The van der Waals surface area contributed by atoms with E-state index in [9.17, 15) is 0 Å². The summed E-state index contributed by atoms with van der Waals surface area (Å²) < 4.78 is 9.29. The molecule has 7 nitrogen and oxygen atoms in total. The van der Waals surface area contributed by atoms with Crippen LogP contribution in [0.5, 0.6) is 5.75 Å². The Labute approximate surface area is 175 Å². The number of nitrogens with one attached hydrogen (secondary N) is 1. The summed E-state index contributed by atoms with van der Waals surface area (Å²) in [4.78, 5) is 4.45. The van der Waals surface area contributed by atoms with Gasteiger partial charge in [-0.2, -0.15) is 10.2 Å². The van der Waals surface area contributed by atoms with Crippen LogP contribution in [0.25, 0.3) is 11.5 Å². The zero-order chi connectivity index (χ0) is 20.3. The molecule has 3 heterocycles. The van der Waals surface area contributed by atoms with E-state index in [4.69, 9.17) is 4.74 Å². The lowest BCUT2D eigenvalue weighted by Crippen LogP contribution is -2.25. The van der Waals surface area contributed by atoms with Crippen LogP contribution < -0.4 is 10.1 Å². The van der Waals surface area contributed by atoms with Crippen molar-refractivity contribution in [1.82, 2.24) is 29.9 Å². The van der Waals surface area contributed by atoms with Gasteiger partial charge in [-0.1, -0.05) is 18.2 Å². The topological polar surface area (TPSA) is 69.8 Å². The fourth-order valence-electron chi connectivity index (χ4n) is 4.09. The number of ether oxygens (including phenoxy) is 1. The quantitative estimate of drug-likeness (QED) is 0.535. The van der Waals surface area contributed by atoms with Gasteiger partial charge in [0.2, 0.25) is 0 Å². The maximum Gasteiger partial charge on any atom is 0.153 e. The fraction of sp³-hybridized carbons (Fsp3) is 0.261. The van der Waals surface area contributed by atoms with E-state index in [0.717, 1.165) is 48.6 Å². The Morgan fingerprint density at radius 2 is 2.00 bits per heavy atom. The van der Waals surface area contributed by atoms with Crippen molar-refractivity contribution in [2.45, 2.75) is 31.8 Å². The third kappa shape index (κ3) is 3.48. The molecule has 0 amide bonds. The summed E-state index contributed by atoms with van der Waals surface area (Å²) in [5.74, 6) is 1.68. The molecule has 0 saturated carbocycles. The van der Waals surface area contributed by atoms with Gasteiger partial charge in [0.05, 0.1) is 25.2 Å². The van der Waals surface area contributed by atoms with E-state index in [2.05, 4.69) is 20.5 Å². The molecule has 1 aliphatic rings. The van der Waals surface area contributed by atoms with Crippen LogP contribution in [0.15, 0.2) is 67.3 Å². The number of benzene rings is 1. The van der Waals surface area contributed by atoms with Crippen LogP contribution in [-0.2, 0) is 13.0 Å². The molecular formula is C23H24N6O. The van der Waals surface area contributed by atoms with Gasteiger partial charge < -0.3 is 10.1 Å². The first-order chi connectivity index (χ1) is 14.8. The van der Waals surface area contributed by atoms with Crippen LogP contribution in [0, 0.1) is 0 Å². The van der Waals surface area contributed by atoms with Crippen molar-refractivity contribution < 1.29 is 4.74 Å². The minimum atomic E-state index is 0.279. The lowest BCUT2D eigenvalue weighted by molar-refractivity contribution is 0.411. The first-order valence-corrected chi connectivity index (χ1v) is 10.2. The van der Waals surface area contributed by atoms with Gasteiger partial charge in [0.1, 0.15) is 11.4 Å². The Morgan fingerprint density at radius 3 is 2.87 bits per heavy atom. The standard InChI is InChI=1S/C23H24N6O/c1-30-22-10-3-2-8-21(22)28-16-17(14-26-28)13-25-19-7-6-9-20-18(19)15-27-29(20)23-11-4-5-12-24-23/h2-5,8,10-12,14-16,19,25H,6-7,9,13H2,1H3/t19-/m0/s1. The molecule has 0 radical (unpaired) electrons. The average Bonchev–Trinajstić information content (AvgIpc) is 3.46. The van der Waals surface area contributed by atoms with Crippen LogP contribution in [0.3, 0.4) is 0 Å². The summed E-state index contributed by atoms with van der Waals surface area (Å²) in [5, 5.41) is 12.8. The van der Waals surface area contributed by atoms with Gasteiger partial charge in [-0.15, -0.1) is 0 Å². The molecule has 1 N–H and O–H groups in total. The molecule has 0 fully saturated rings. The molecule has 4 aromatic rings. The highest BCUT2D eigenvalue weighted by molar-refractivity contribution is 5.46. The molecule has 0 unspecified atom stereocenters. The van der Waals surface area contributed by atoms with Gasteiger partial charge in [-0.05, 0) is 43.5 Å². The predicted molar refractivity (Wildman–Crippen MR) is 114 cm³/mol. The van der Waals surface area contributed by atoms with E-state index in [1.54, 1.807) is 13.3 Å². The van der Waals surface area contributed by atoms with Gasteiger partial charge in [-0.25, -0.2) is 14.3 Å². The summed E-state index contributed by atoms with van der Waals surface area (Å²) in [7, 11) is 1.68. The Hall–Kier alpha value is -3.45. The van der Waals surface area contributed by atoms with Gasteiger partial charge >= 0.3 is 0 Å². The SMILES string of the molecule is COc1ccccc1-n1cc(CN[C@H]2CCCc3c2cnn3-c2ccccn2)cn1. The van der Waals surface area contributed by atoms with Crippen LogP contribution in [0.4, 0.5) is 0 Å². The molecule has 1 atom stereocenters. The van der Waals surface area contributed by atoms with Crippen molar-refractivity contribution in [1.29, 1.82) is 0 Å². The third-order valence-corrected chi connectivity index (χ3v) is 5.57. The summed E-state index contributed by atoms with van der Waals surface area (Å²) >= 11 is 0. The monoisotopic (exact) mass is 400 g/mol. The van der Waals surface area contributed by atoms with Crippen molar-refractivity contribution in [3.05, 3.63) is 84.1 Å². The molecular weight excluding hydrogens is 376 g/mol. The maximum absolute atomic E-state index is 5.45. The molecule has 0 bridgehead atoms. The van der Waals surface area contributed by atoms with E-state index in [-0.39, 0.29) is 6.04 Å². The first kappa shape index (κ1) is 18.6. The summed E-state index contributed by atoms with van der Waals surface area (Å²) in [6, 6.07) is 14.1. The molecule has 5 rings (SSSR count). The number of fused-ring (bicyclic) bond motifs is 1. The largest absolute Gasteiger partial charge is 0.494 e. The lowest BCUT2D eigenvalue weighted by atomic mass is 9.93. The highest BCUT2D eigenvalue weighted by Crippen LogP contribution is 2.31. The Balaban J connectivity index is 1.32. The second-order valence-corrected chi connectivity index (χ2v) is 7.44. The van der Waals surface area contributed by atoms with Crippen LogP contribution in [0.2, 0.25) is 0 Å². The summed E-state index contributed by atoms with van der Waals surface area (Å²) in [5.41, 5.74) is 4.58. The molecule has 30 heavy (non-hydrogen) atoms. The van der Waals surface area contributed by atoms with Crippen molar-refractivity contribution in [2.24, 2.45) is 0 Å². The minimum Gasteiger partial charge on any atom is -0.494 e. The molecule has 0 aliphatic heterocycles. The van der Waals surface area contributed by atoms with Crippen LogP contribution >= 0.6 is 0 Å². The molecule has 0 saturated heterocycles. The molecule has 3 aromatic heterocycles. The number of rotatable bonds is 6. The number of hydrogen-bond acceptors (Lipinski definition) is 5. The number of nitrogens with zero attached hydrogens (tertiary/aromatic N) is 5. The van der Waals surface area contributed by atoms with E-state index in [0.29, 0.717) is 0 Å². The predicted octanol–water partition coefficient (Wildman–Crippen LogP) is 3.63. The normalized spacial score (nSPS) is 15.7. The highest BCUT2D eigenvalue weighted by atomic mass is 16.5. The summed E-state index contributed by atoms with van der Waals surface area (Å²) in [6.45, 7) is 0.744. The van der Waals surface area contributed by atoms with E-state index in [1.165, 1.54) is 11.3 Å². The van der Waals surface area contributed by atoms with E-state index >= 15 is 0 Å². The van der Waals surface area contributed by atoms with Crippen molar-refractivity contribution >= 4 is 0 Å². The summed E-state index contributed by atoms with van der Waals surface area (Å²) in [6.07, 6.45) is 11.0. The fourth-order valence-corrected chi connectivity index (χ4v) is 4.09. The zero-order valence-corrected chi connectivity index (χ0v) is 16.9. The number of aromatic nitrogens is 5. The van der Waals surface area contributed by atoms with Crippen LogP contribution in [0.1, 0.15) is 35.7 Å². The average molecular weight is 400 g/mol. The molecule has 7 heteroatoms. The molecule has 152 valence electrons. The number of pyridine rings is 1. The number of methoxy groups -OCH3 is 1. The van der Waals surface area contributed by atoms with Crippen molar-refractivity contribution in [2.75, 3.05) is 7.11 Å². The Bertz CT molecular complexity index is 1130. The second kappa shape index (κ2) is 8.12. The van der Waals surface area contributed by atoms with E-state index < -0.39 is 0 Å². The highest BCUT2D eigenvalue weighted by Gasteiger charge is 2.24. The van der Waals surface area contributed by atoms with Gasteiger partial charge in [0, 0.05) is 36.1 Å². The first-order valence-electron chi connectivity index (χ1n) is 10.2. The zero-order valence-electron chi connectivity index (χ0n) is 16.9. The smallest absolute Gasteiger partial charge is 0.153 e. The number of para-hydroxylation sites is 2. The molecule has 1 aromatic carbocycles. The Morgan fingerprint density at radius 1 is 1.10 bits per heavy atom. The minimum absolute atomic E-state index is 0.279.